The van der Waals surface area contributed by atoms with Gasteiger partial charge in [0.05, 0.1) is 0 Å². The van der Waals surface area contributed by atoms with Gasteiger partial charge in [0, 0.05) is 42.1 Å². The van der Waals surface area contributed by atoms with Crippen LogP contribution >= 0.6 is 0 Å². The van der Waals surface area contributed by atoms with E-state index < -0.39 is 0 Å². The molecule has 0 amide bonds. The molecule has 1 heterocycles. The molecule has 0 radical (unpaired) electrons. The van der Waals surface area contributed by atoms with Crippen LogP contribution in [0.5, 0.6) is 0 Å². The lowest BCUT2D eigenvalue weighted by Crippen LogP contribution is -2.06. The minimum absolute atomic E-state index is 0.194. The first-order valence-corrected chi connectivity index (χ1v) is 22.1. The van der Waals surface area contributed by atoms with Crippen LogP contribution in [0.3, 0.4) is 0 Å². The molecule has 0 aliphatic carbocycles. The average Bonchev–Trinajstić information content (AvgIpc) is 3.40. The summed E-state index contributed by atoms with van der Waals surface area (Å²) in [5.41, 5.74) is 19.7. The molecule has 4 nitrogen and oxygen atoms in total. The van der Waals surface area contributed by atoms with Crippen LogP contribution in [0.2, 0.25) is 0 Å². The molecule has 0 atom stereocenters. The van der Waals surface area contributed by atoms with Gasteiger partial charge in [-0.1, -0.05) is 196 Å². The Bertz CT molecular complexity index is 2920. The van der Waals surface area contributed by atoms with Gasteiger partial charge in [0.2, 0.25) is 0 Å². The molecule has 1 aliphatic rings. The molecule has 4 heteroatoms. The van der Waals surface area contributed by atoms with Crippen LogP contribution in [0.15, 0.2) is 304 Å². The van der Waals surface area contributed by atoms with Crippen LogP contribution in [0.1, 0.15) is 16.7 Å². The Morgan fingerprint density at radius 1 is 0.612 bits per heavy atom. The lowest BCUT2D eigenvalue weighted by atomic mass is 9.94. The largest absolute Gasteiger partial charge is 0.507 e. The summed E-state index contributed by atoms with van der Waals surface area (Å²) in [6.45, 7) is 16.8. The van der Waals surface area contributed by atoms with Crippen molar-refractivity contribution in [1.29, 1.82) is 0 Å². The zero-order valence-electron chi connectivity index (χ0n) is 37.8. The summed E-state index contributed by atoms with van der Waals surface area (Å²) in [6, 6.07) is 55.9. The molecule has 0 unspecified atom stereocenters. The van der Waals surface area contributed by atoms with Crippen molar-refractivity contribution in [2.75, 3.05) is 16.8 Å². The summed E-state index contributed by atoms with van der Waals surface area (Å²) < 4.78 is 0. The Labute approximate surface area is 397 Å². The normalized spacial score (nSPS) is 15.5. The lowest BCUT2D eigenvalue weighted by molar-refractivity contribution is 0.431. The molecular weight excluding hydrogens is 815 g/mol. The molecule has 0 saturated carbocycles. The van der Waals surface area contributed by atoms with E-state index in [0.29, 0.717) is 12.1 Å². The number of aliphatic hydroxyl groups excluding tert-OH is 1. The van der Waals surface area contributed by atoms with Gasteiger partial charge in [0.25, 0.3) is 0 Å². The van der Waals surface area contributed by atoms with Gasteiger partial charge >= 0.3 is 0 Å². The van der Waals surface area contributed by atoms with Crippen molar-refractivity contribution in [2.24, 2.45) is 5.73 Å². The zero-order valence-corrected chi connectivity index (χ0v) is 37.8. The number of hydrogen-bond acceptors (Lipinski definition) is 4. The van der Waals surface area contributed by atoms with Gasteiger partial charge < -0.3 is 21.1 Å². The maximum absolute atomic E-state index is 9.97. The van der Waals surface area contributed by atoms with Gasteiger partial charge in [-0.05, 0) is 134 Å². The van der Waals surface area contributed by atoms with E-state index in [0.717, 1.165) is 72.6 Å². The fourth-order valence-electron chi connectivity index (χ4n) is 6.92. The monoisotopic (exact) mass is 871 g/mol. The smallest absolute Gasteiger partial charge is 0.123 e. The molecule has 0 spiro atoms. The third kappa shape index (κ3) is 14.9. The first-order valence-electron chi connectivity index (χ1n) is 22.1. The van der Waals surface area contributed by atoms with Crippen LogP contribution < -0.4 is 16.0 Å². The second-order valence-electron chi connectivity index (χ2n) is 15.3. The fourth-order valence-corrected chi connectivity index (χ4v) is 6.92. The van der Waals surface area contributed by atoms with Gasteiger partial charge in [0.1, 0.15) is 5.76 Å². The Kier molecular flexibility index (Phi) is 18.2. The Balaban J connectivity index is 0.000000368. The molecule has 0 aromatic heterocycles. The van der Waals surface area contributed by atoms with E-state index in [1.807, 2.05) is 128 Å². The van der Waals surface area contributed by atoms with E-state index in [1.54, 1.807) is 30.4 Å². The molecule has 330 valence electrons. The SMILES string of the molecule is C=C1/C=C\C=C/N(c2ccccc2)/C=C\C(c2cccc(-c3cccc(-c4cccc(C(=C)/C=C\C=C/Nc5ccccc5)c4)c3)c2)=C/C1=C.C=C\C=C/C(=C\CN)C(/O)=C/c1ccccc1. The van der Waals surface area contributed by atoms with Crippen molar-refractivity contribution in [3.8, 4) is 22.3 Å². The van der Waals surface area contributed by atoms with Crippen LogP contribution in [-0.2, 0) is 0 Å². The minimum atomic E-state index is 0.194. The molecular formula is C63H57N3O. The first kappa shape index (κ1) is 47.8. The van der Waals surface area contributed by atoms with Crippen molar-refractivity contribution in [2.45, 2.75) is 0 Å². The van der Waals surface area contributed by atoms with E-state index in [1.165, 1.54) is 0 Å². The summed E-state index contributed by atoms with van der Waals surface area (Å²) in [4.78, 5) is 2.11. The van der Waals surface area contributed by atoms with Gasteiger partial charge in [0.15, 0.2) is 0 Å². The third-order valence-corrected chi connectivity index (χ3v) is 10.5. The van der Waals surface area contributed by atoms with E-state index in [-0.39, 0.29) is 5.76 Å². The Morgan fingerprint density at radius 3 is 1.90 bits per heavy atom. The number of rotatable bonds is 14. The Morgan fingerprint density at radius 2 is 1.22 bits per heavy atom. The highest BCUT2D eigenvalue weighted by atomic mass is 16.3. The second-order valence-corrected chi connectivity index (χ2v) is 15.3. The molecule has 0 bridgehead atoms. The van der Waals surface area contributed by atoms with Gasteiger partial charge in [-0.3, -0.25) is 0 Å². The summed E-state index contributed by atoms with van der Waals surface area (Å²) in [6.07, 6.45) is 31.0. The van der Waals surface area contributed by atoms with Crippen molar-refractivity contribution in [3.05, 3.63) is 321 Å². The van der Waals surface area contributed by atoms with E-state index in [4.69, 9.17) is 5.73 Å². The van der Waals surface area contributed by atoms with Crippen molar-refractivity contribution in [1.82, 2.24) is 0 Å². The van der Waals surface area contributed by atoms with Crippen LogP contribution in [0.4, 0.5) is 11.4 Å². The molecule has 6 aromatic carbocycles. The lowest BCUT2D eigenvalue weighted by Gasteiger charge is -2.16. The molecule has 6 aromatic rings. The maximum atomic E-state index is 9.97. The van der Waals surface area contributed by atoms with Crippen LogP contribution in [0.25, 0.3) is 39.5 Å². The number of anilines is 2. The number of allylic oxidation sites excluding steroid dienone is 15. The summed E-state index contributed by atoms with van der Waals surface area (Å²) in [5.74, 6) is 0.194. The van der Waals surface area contributed by atoms with Crippen LogP contribution in [-0.4, -0.2) is 11.7 Å². The maximum Gasteiger partial charge on any atom is 0.123 e. The van der Waals surface area contributed by atoms with Gasteiger partial charge in [-0.25, -0.2) is 0 Å². The highest BCUT2D eigenvalue weighted by Crippen LogP contribution is 2.31. The number of para-hydroxylation sites is 2. The molecule has 1 aliphatic heterocycles. The number of nitrogens with two attached hydrogens (primary N) is 1. The third-order valence-electron chi connectivity index (χ3n) is 10.5. The molecule has 67 heavy (non-hydrogen) atoms. The fraction of sp³-hybridized carbons (Fsp3) is 0.0159. The van der Waals surface area contributed by atoms with Crippen molar-refractivity contribution in [3.63, 3.8) is 0 Å². The first-order chi connectivity index (χ1) is 32.8. The molecule has 4 N–H and O–H groups in total. The van der Waals surface area contributed by atoms with Crippen LogP contribution in [0, 0.1) is 0 Å². The number of aliphatic hydroxyl groups is 1. The highest BCUT2D eigenvalue weighted by Gasteiger charge is 2.09. The summed E-state index contributed by atoms with van der Waals surface area (Å²) in [7, 11) is 0. The van der Waals surface area contributed by atoms with Gasteiger partial charge in [-0.15, -0.1) is 0 Å². The van der Waals surface area contributed by atoms with Crippen molar-refractivity contribution >= 4 is 28.6 Å². The summed E-state index contributed by atoms with van der Waals surface area (Å²) in [5, 5.41) is 13.2. The predicted molar refractivity (Wildman–Crippen MR) is 291 cm³/mol. The van der Waals surface area contributed by atoms with E-state index in [2.05, 4.69) is 140 Å². The minimum Gasteiger partial charge on any atom is -0.507 e. The highest BCUT2D eigenvalue weighted by molar-refractivity contribution is 5.83. The van der Waals surface area contributed by atoms with Crippen molar-refractivity contribution < 1.29 is 5.11 Å². The topological polar surface area (TPSA) is 61.5 Å². The number of nitrogens with one attached hydrogen (secondary N) is 1. The molecule has 0 saturated heterocycles. The Hall–Kier alpha value is -8.70. The molecule has 0 fully saturated rings. The predicted octanol–water partition coefficient (Wildman–Crippen LogP) is 16.0. The quantitative estimate of drug-likeness (QED) is 0.0754. The second kappa shape index (κ2) is 25.6. The average molecular weight is 872 g/mol. The van der Waals surface area contributed by atoms with E-state index in [9.17, 15) is 5.11 Å². The van der Waals surface area contributed by atoms with E-state index >= 15 is 0 Å². The number of nitrogens with zero attached hydrogens (tertiary/aromatic N) is 1. The number of benzene rings is 6. The zero-order chi connectivity index (χ0) is 47.1. The number of hydrogen-bond donors (Lipinski definition) is 3. The molecule has 7 rings (SSSR count). The standard InChI is InChI=1S/C48H40N2.C15H17NO/c1-37-17-11-13-31-50(48-27-8-5-9-28-48)32-29-46(33-39(37)3)45-24-16-23-44(36-45)43-22-15-21-42(35-43)41-20-14-19-40(34-41)38(2)18-10-12-30-49-47-25-6-4-7-26-47;1-2-3-9-14(10-11-16)15(17)12-13-7-5-4-6-8-13/h4-36,49H,1-3H2;2-10,12,17H,1,11,16H2/b17-11-,18-10-,30-12-,31-13-,32-29-,46-33+;9-3-,14-10+,15-12-. The summed E-state index contributed by atoms with van der Waals surface area (Å²) >= 11 is 0. The van der Waals surface area contributed by atoms with Gasteiger partial charge in [-0.2, -0.15) is 0 Å².